The molecular weight excluding hydrogens is 297 g/mol. The van der Waals surface area contributed by atoms with Crippen molar-refractivity contribution < 1.29 is 4.52 Å². The van der Waals surface area contributed by atoms with Gasteiger partial charge >= 0.3 is 0 Å². The first-order valence-electron chi connectivity index (χ1n) is 3.71. The smallest absolute Gasteiger partial charge is 0.234 e. The number of aromatic amines is 1. The average molecular weight is 303 g/mol. The zero-order valence-electron chi connectivity index (χ0n) is 6.58. The third-order valence-corrected chi connectivity index (χ3v) is 3.39. The molecule has 0 spiro atoms. The van der Waals surface area contributed by atoms with Gasteiger partial charge in [-0.15, -0.1) is 0 Å². The molecule has 66 valence electrons. The van der Waals surface area contributed by atoms with Crippen molar-refractivity contribution >= 4 is 34.8 Å². The van der Waals surface area contributed by atoms with Gasteiger partial charge in [0.05, 0.1) is 9.26 Å². The first kappa shape index (κ1) is 8.96. The van der Waals surface area contributed by atoms with Crippen LogP contribution in [0.3, 0.4) is 0 Å². The Morgan fingerprint density at radius 1 is 1.23 bits per heavy atom. The highest BCUT2D eigenvalue weighted by molar-refractivity contribution is 14.1. The second-order valence-electron chi connectivity index (χ2n) is 2.55. The Hall–Kier alpha value is -0.620. The summed E-state index contributed by atoms with van der Waals surface area (Å²) in [5.74, 6) is 0. The van der Waals surface area contributed by atoms with Gasteiger partial charge in [-0.25, -0.2) is 5.16 Å². The summed E-state index contributed by atoms with van der Waals surface area (Å²) in [6.07, 6.45) is 0. The van der Waals surface area contributed by atoms with Gasteiger partial charge in [-0.2, -0.15) is 0 Å². The monoisotopic (exact) mass is 303 g/mol. The SMILES string of the molecule is S=c1o[nH]c(-c2ccccc2)c1I. The molecule has 0 aliphatic heterocycles. The van der Waals surface area contributed by atoms with Crippen molar-refractivity contribution in [3.05, 3.63) is 38.6 Å². The van der Waals surface area contributed by atoms with Crippen LogP contribution in [0.1, 0.15) is 0 Å². The van der Waals surface area contributed by atoms with Gasteiger partial charge in [-0.05, 0) is 34.8 Å². The summed E-state index contributed by atoms with van der Waals surface area (Å²) in [6.45, 7) is 0. The summed E-state index contributed by atoms with van der Waals surface area (Å²) >= 11 is 7.14. The maximum atomic E-state index is 5.03. The highest BCUT2D eigenvalue weighted by atomic mass is 127. The fourth-order valence-electron chi connectivity index (χ4n) is 1.08. The molecule has 0 saturated carbocycles. The van der Waals surface area contributed by atoms with Crippen molar-refractivity contribution in [2.75, 3.05) is 0 Å². The summed E-state index contributed by atoms with van der Waals surface area (Å²) in [4.78, 5) is 0. The van der Waals surface area contributed by atoms with Crippen LogP contribution < -0.4 is 0 Å². The maximum absolute atomic E-state index is 5.03. The molecule has 0 unspecified atom stereocenters. The van der Waals surface area contributed by atoms with Crippen molar-refractivity contribution in [3.8, 4) is 11.3 Å². The van der Waals surface area contributed by atoms with Gasteiger partial charge in [-0.1, -0.05) is 30.3 Å². The van der Waals surface area contributed by atoms with E-state index in [1.54, 1.807) is 0 Å². The fraction of sp³-hybridized carbons (Fsp3) is 0. The zero-order chi connectivity index (χ0) is 9.26. The molecule has 0 bridgehead atoms. The Morgan fingerprint density at radius 3 is 2.46 bits per heavy atom. The number of benzene rings is 1. The Bertz CT molecular complexity index is 460. The topological polar surface area (TPSA) is 28.9 Å². The molecule has 4 heteroatoms. The molecular formula is C9H6INOS. The zero-order valence-corrected chi connectivity index (χ0v) is 9.56. The predicted octanol–water partition coefficient (Wildman–Crippen LogP) is 3.61. The van der Waals surface area contributed by atoms with Crippen molar-refractivity contribution in [1.29, 1.82) is 0 Å². The fourth-order valence-corrected chi connectivity index (χ4v) is 1.75. The molecule has 1 heterocycles. The second-order valence-corrected chi connectivity index (χ2v) is 4.00. The lowest BCUT2D eigenvalue weighted by atomic mass is 10.2. The Balaban J connectivity index is 2.60. The summed E-state index contributed by atoms with van der Waals surface area (Å²) in [5, 5.41) is 2.80. The third-order valence-electron chi connectivity index (χ3n) is 1.71. The van der Waals surface area contributed by atoms with E-state index >= 15 is 0 Å². The van der Waals surface area contributed by atoms with Crippen LogP contribution in [-0.4, -0.2) is 5.16 Å². The minimum atomic E-state index is 0.513. The Kier molecular flexibility index (Phi) is 2.50. The molecule has 2 nitrogen and oxygen atoms in total. The molecule has 0 saturated heterocycles. The van der Waals surface area contributed by atoms with Gasteiger partial charge in [-0.3, -0.25) is 0 Å². The first-order valence-corrected chi connectivity index (χ1v) is 5.20. The highest BCUT2D eigenvalue weighted by Gasteiger charge is 2.06. The summed E-state index contributed by atoms with van der Waals surface area (Å²) in [7, 11) is 0. The van der Waals surface area contributed by atoms with E-state index < -0.39 is 0 Å². The molecule has 2 aromatic rings. The van der Waals surface area contributed by atoms with Crippen LogP contribution in [-0.2, 0) is 0 Å². The van der Waals surface area contributed by atoms with E-state index in [0.717, 1.165) is 14.8 Å². The molecule has 0 aliphatic rings. The summed E-state index contributed by atoms with van der Waals surface area (Å²) in [6, 6.07) is 9.96. The number of rotatable bonds is 1. The molecule has 1 N–H and O–H groups in total. The summed E-state index contributed by atoms with van der Waals surface area (Å²) < 4.78 is 6.50. The lowest BCUT2D eigenvalue weighted by Gasteiger charge is -1.94. The van der Waals surface area contributed by atoms with Gasteiger partial charge in [0.2, 0.25) is 4.71 Å². The average Bonchev–Trinajstić information content (AvgIpc) is 2.49. The van der Waals surface area contributed by atoms with Gasteiger partial charge in [0.25, 0.3) is 0 Å². The maximum Gasteiger partial charge on any atom is 0.234 e. The van der Waals surface area contributed by atoms with Crippen LogP contribution in [0.5, 0.6) is 0 Å². The largest absolute Gasteiger partial charge is 0.369 e. The van der Waals surface area contributed by atoms with Gasteiger partial charge < -0.3 is 4.52 Å². The van der Waals surface area contributed by atoms with E-state index in [1.807, 2.05) is 30.3 Å². The van der Waals surface area contributed by atoms with Gasteiger partial charge in [0.1, 0.15) is 0 Å². The molecule has 0 atom stereocenters. The number of H-pyrrole nitrogens is 1. The normalized spacial score (nSPS) is 10.2. The highest BCUT2D eigenvalue weighted by Crippen LogP contribution is 2.23. The first-order chi connectivity index (χ1) is 6.29. The quantitative estimate of drug-likeness (QED) is 0.644. The minimum absolute atomic E-state index is 0.513. The standard InChI is InChI=1S/C9H6INOS/c10-7-8(11-12-9(7)13)6-4-2-1-3-5-6/h1-5,11H. The van der Waals surface area contributed by atoms with Crippen LogP contribution in [0, 0.1) is 8.28 Å². The molecule has 0 amide bonds. The predicted molar refractivity (Wildman–Crippen MR) is 62.0 cm³/mol. The van der Waals surface area contributed by atoms with Crippen molar-refractivity contribution in [2.45, 2.75) is 0 Å². The number of hydrogen-bond donors (Lipinski definition) is 1. The minimum Gasteiger partial charge on any atom is -0.369 e. The van der Waals surface area contributed by atoms with Crippen LogP contribution in [0.2, 0.25) is 0 Å². The lowest BCUT2D eigenvalue weighted by Crippen LogP contribution is -1.78. The van der Waals surface area contributed by atoms with E-state index in [1.165, 1.54) is 0 Å². The van der Waals surface area contributed by atoms with Crippen LogP contribution in [0.4, 0.5) is 0 Å². The van der Waals surface area contributed by atoms with E-state index in [0.29, 0.717) is 4.71 Å². The van der Waals surface area contributed by atoms with E-state index in [9.17, 15) is 0 Å². The molecule has 2 rings (SSSR count). The van der Waals surface area contributed by atoms with Crippen molar-refractivity contribution in [3.63, 3.8) is 0 Å². The van der Waals surface area contributed by atoms with Crippen LogP contribution >= 0.6 is 34.8 Å². The number of nitrogens with one attached hydrogen (secondary N) is 1. The third kappa shape index (κ3) is 1.68. The van der Waals surface area contributed by atoms with Gasteiger partial charge in [0.15, 0.2) is 0 Å². The number of hydrogen-bond acceptors (Lipinski definition) is 2. The number of aromatic nitrogens is 1. The Labute approximate surface area is 94.1 Å². The van der Waals surface area contributed by atoms with Crippen molar-refractivity contribution in [1.82, 2.24) is 5.16 Å². The molecule has 0 fully saturated rings. The Morgan fingerprint density at radius 2 is 1.92 bits per heavy atom. The second kappa shape index (κ2) is 3.63. The van der Waals surface area contributed by atoms with E-state index in [2.05, 4.69) is 27.7 Å². The number of halogens is 1. The molecule has 0 aliphatic carbocycles. The summed E-state index contributed by atoms with van der Waals surface area (Å²) in [5.41, 5.74) is 2.04. The van der Waals surface area contributed by atoms with Crippen LogP contribution in [0.25, 0.3) is 11.3 Å². The molecule has 0 radical (unpaired) electrons. The van der Waals surface area contributed by atoms with Crippen LogP contribution in [0.15, 0.2) is 34.9 Å². The molecule has 13 heavy (non-hydrogen) atoms. The lowest BCUT2D eigenvalue weighted by molar-refractivity contribution is 0.410. The van der Waals surface area contributed by atoms with Crippen molar-refractivity contribution in [2.24, 2.45) is 0 Å². The molecule has 1 aromatic heterocycles. The van der Waals surface area contributed by atoms with E-state index in [4.69, 9.17) is 16.7 Å². The van der Waals surface area contributed by atoms with Gasteiger partial charge in [0, 0.05) is 5.56 Å². The molecule has 1 aromatic carbocycles. The van der Waals surface area contributed by atoms with E-state index in [-0.39, 0.29) is 0 Å².